The Balaban J connectivity index is 2.45. The van der Waals surface area contributed by atoms with E-state index in [0.717, 1.165) is 5.01 Å². The molecule has 16 heavy (non-hydrogen) atoms. The molecule has 0 aliphatic carbocycles. The van der Waals surface area contributed by atoms with Gasteiger partial charge in [-0.1, -0.05) is 15.9 Å². The maximum absolute atomic E-state index is 13.4. The molecule has 0 spiro atoms. The van der Waals surface area contributed by atoms with Crippen molar-refractivity contribution in [2.45, 2.75) is 6.92 Å². The largest absolute Gasteiger partial charge is 0.287 e. The summed E-state index contributed by atoms with van der Waals surface area (Å²) in [6, 6.07) is 4.28. The standard InChI is InChI=1S/C11H7BrFNOS/c1-6-14-10(5-16-6)11(15)8-4-7(12)2-3-9(8)13/h2-5H,1H3. The first-order valence-electron chi connectivity index (χ1n) is 4.50. The van der Waals surface area contributed by atoms with Gasteiger partial charge >= 0.3 is 0 Å². The molecule has 2 aromatic rings. The fraction of sp³-hybridized carbons (Fsp3) is 0.0909. The van der Waals surface area contributed by atoms with Gasteiger partial charge in [-0.15, -0.1) is 11.3 Å². The van der Waals surface area contributed by atoms with Gasteiger partial charge in [-0.05, 0) is 25.1 Å². The molecule has 0 saturated heterocycles. The number of carbonyl (C=O) groups is 1. The van der Waals surface area contributed by atoms with Crippen molar-refractivity contribution in [3.8, 4) is 0 Å². The first kappa shape index (κ1) is 11.4. The molecular formula is C11H7BrFNOS. The molecule has 0 saturated carbocycles. The van der Waals surface area contributed by atoms with Gasteiger partial charge in [0.15, 0.2) is 0 Å². The first-order valence-corrected chi connectivity index (χ1v) is 6.17. The number of benzene rings is 1. The highest BCUT2D eigenvalue weighted by atomic mass is 79.9. The molecule has 0 aliphatic heterocycles. The smallest absolute Gasteiger partial charge is 0.215 e. The van der Waals surface area contributed by atoms with Gasteiger partial charge in [0.2, 0.25) is 5.78 Å². The number of nitrogens with zero attached hydrogens (tertiary/aromatic N) is 1. The molecular weight excluding hydrogens is 293 g/mol. The lowest BCUT2D eigenvalue weighted by molar-refractivity contribution is 0.103. The predicted octanol–water partition coefficient (Wildman–Crippen LogP) is 3.58. The second-order valence-corrected chi connectivity index (χ2v) is 5.18. The minimum atomic E-state index is -0.529. The zero-order chi connectivity index (χ0) is 11.7. The van der Waals surface area contributed by atoms with Crippen LogP contribution >= 0.6 is 27.3 Å². The minimum Gasteiger partial charge on any atom is -0.287 e. The van der Waals surface area contributed by atoms with E-state index in [1.165, 1.54) is 23.5 Å². The van der Waals surface area contributed by atoms with Crippen LogP contribution in [0.1, 0.15) is 21.1 Å². The van der Waals surface area contributed by atoms with Crippen LogP contribution in [0.4, 0.5) is 4.39 Å². The number of rotatable bonds is 2. The Morgan fingerprint density at radius 2 is 2.25 bits per heavy atom. The van der Waals surface area contributed by atoms with Gasteiger partial charge < -0.3 is 0 Å². The second-order valence-electron chi connectivity index (χ2n) is 3.21. The number of aryl methyl sites for hydroxylation is 1. The summed E-state index contributed by atoms with van der Waals surface area (Å²) < 4.78 is 14.1. The number of hydrogen-bond acceptors (Lipinski definition) is 3. The van der Waals surface area contributed by atoms with E-state index in [0.29, 0.717) is 10.2 Å². The molecule has 0 radical (unpaired) electrons. The highest BCUT2D eigenvalue weighted by Crippen LogP contribution is 2.19. The van der Waals surface area contributed by atoms with Gasteiger partial charge in [0.1, 0.15) is 11.5 Å². The molecule has 2 rings (SSSR count). The quantitative estimate of drug-likeness (QED) is 0.793. The van der Waals surface area contributed by atoms with Gasteiger partial charge in [-0.2, -0.15) is 0 Å². The average Bonchev–Trinajstić information content (AvgIpc) is 2.67. The lowest BCUT2D eigenvalue weighted by Gasteiger charge is -2.00. The van der Waals surface area contributed by atoms with Crippen LogP contribution in [0.5, 0.6) is 0 Å². The molecule has 5 heteroatoms. The molecule has 0 fully saturated rings. The highest BCUT2D eigenvalue weighted by molar-refractivity contribution is 9.10. The topological polar surface area (TPSA) is 30.0 Å². The number of carbonyl (C=O) groups excluding carboxylic acids is 1. The van der Waals surface area contributed by atoms with Crippen molar-refractivity contribution in [2.24, 2.45) is 0 Å². The molecule has 1 aromatic carbocycles. The van der Waals surface area contributed by atoms with E-state index < -0.39 is 5.82 Å². The van der Waals surface area contributed by atoms with Crippen LogP contribution in [-0.4, -0.2) is 10.8 Å². The maximum atomic E-state index is 13.4. The van der Waals surface area contributed by atoms with E-state index in [-0.39, 0.29) is 11.3 Å². The van der Waals surface area contributed by atoms with Crippen molar-refractivity contribution in [1.82, 2.24) is 4.98 Å². The number of thiazole rings is 1. The Labute approximate surface area is 104 Å². The third-order valence-electron chi connectivity index (χ3n) is 2.02. The van der Waals surface area contributed by atoms with Crippen LogP contribution in [0.15, 0.2) is 28.1 Å². The summed E-state index contributed by atoms with van der Waals surface area (Å²) in [5.41, 5.74) is 0.333. The summed E-state index contributed by atoms with van der Waals surface area (Å²) in [6.45, 7) is 1.80. The molecule has 1 aromatic heterocycles. The molecule has 0 unspecified atom stereocenters. The lowest BCUT2D eigenvalue weighted by Crippen LogP contribution is -2.04. The summed E-state index contributed by atoms with van der Waals surface area (Å²) in [6.07, 6.45) is 0. The van der Waals surface area contributed by atoms with Crippen LogP contribution in [0.2, 0.25) is 0 Å². The predicted molar refractivity (Wildman–Crippen MR) is 64.4 cm³/mol. The normalized spacial score (nSPS) is 10.4. The van der Waals surface area contributed by atoms with Crippen molar-refractivity contribution in [3.05, 3.63) is 50.1 Å². The molecule has 2 nitrogen and oxygen atoms in total. The Morgan fingerprint density at radius 3 is 2.88 bits per heavy atom. The Kier molecular flexibility index (Phi) is 3.16. The van der Waals surface area contributed by atoms with Crippen LogP contribution in [0.3, 0.4) is 0 Å². The summed E-state index contributed by atoms with van der Waals surface area (Å²) in [4.78, 5) is 16.0. The fourth-order valence-electron chi connectivity index (χ4n) is 1.28. The van der Waals surface area contributed by atoms with Crippen LogP contribution in [0, 0.1) is 12.7 Å². The van der Waals surface area contributed by atoms with Crippen molar-refractivity contribution in [2.75, 3.05) is 0 Å². The van der Waals surface area contributed by atoms with Gasteiger partial charge in [-0.3, -0.25) is 4.79 Å². The molecule has 0 aliphatic rings. The van der Waals surface area contributed by atoms with E-state index in [1.54, 1.807) is 18.4 Å². The third kappa shape index (κ3) is 2.20. The van der Waals surface area contributed by atoms with E-state index in [9.17, 15) is 9.18 Å². The van der Waals surface area contributed by atoms with Crippen LogP contribution < -0.4 is 0 Å². The van der Waals surface area contributed by atoms with E-state index in [1.807, 2.05) is 0 Å². The molecule has 0 N–H and O–H groups in total. The average molecular weight is 300 g/mol. The zero-order valence-corrected chi connectivity index (χ0v) is 10.7. The van der Waals surface area contributed by atoms with E-state index in [4.69, 9.17) is 0 Å². The van der Waals surface area contributed by atoms with Crippen LogP contribution in [0.25, 0.3) is 0 Å². The molecule has 0 bridgehead atoms. The van der Waals surface area contributed by atoms with E-state index >= 15 is 0 Å². The number of ketones is 1. The Morgan fingerprint density at radius 1 is 1.50 bits per heavy atom. The first-order chi connectivity index (χ1) is 7.58. The number of halogens is 2. The summed E-state index contributed by atoms with van der Waals surface area (Å²) in [5.74, 6) is -0.915. The minimum absolute atomic E-state index is 0.0414. The van der Waals surface area contributed by atoms with Crippen molar-refractivity contribution in [1.29, 1.82) is 0 Å². The summed E-state index contributed by atoms with van der Waals surface area (Å²) >= 11 is 4.58. The SMILES string of the molecule is Cc1nc(C(=O)c2cc(Br)ccc2F)cs1. The highest BCUT2D eigenvalue weighted by Gasteiger charge is 2.16. The molecule has 0 amide bonds. The van der Waals surface area contributed by atoms with Crippen molar-refractivity contribution in [3.63, 3.8) is 0 Å². The van der Waals surface area contributed by atoms with E-state index in [2.05, 4.69) is 20.9 Å². The van der Waals surface area contributed by atoms with Crippen molar-refractivity contribution < 1.29 is 9.18 Å². The Hall–Kier alpha value is -1.07. The zero-order valence-electron chi connectivity index (χ0n) is 8.33. The third-order valence-corrected chi connectivity index (χ3v) is 3.29. The summed E-state index contributed by atoms with van der Waals surface area (Å²) in [5, 5.41) is 2.43. The number of aromatic nitrogens is 1. The lowest BCUT2D eigenvalue weighted by atomic mass is 10.1. The Bertz CT molecular complexity index is 553. The monoisotopic (exact) mass is 299 g/mol. The fourth-order valence-corrected chi connectivity index (χ4v) is 2.23. The molecule has 82 valence electrons. The molecule has 0 atom stereocenters. The summed E-state index contributed by atoms with van der Waals surface area (Å²) in [7, 11) is 0. The van der Waals surface area contributed by atoms with Crippen LogP contribution in [-0.2, 0) is 0 Å². The van der Waals surface area contributed by atoms with Crippen molar-refractivity contribution >= 4 is 33.0 Å². The van der Waals surface area contributed by atoms with Gasteiger partial charge in [0.25, 0.3) is 0 Å². The van der Waals surface area contributed by atoms with Gasteiger partial charge in [-0.25, -0.2) is 9.37 Å². The van der Waals surface area contributed by atoms with Gasteiger partial charge in [0, 0.05) is 9.85 Å². The maximum Gasteiger partial charge on any atom is 0.215 e. The number of hydrogen-bond donors (Lipinski definition) is 0. The molecule has 1 heterocycles. The van der Waals surface area contributed by atoms with Gasteiger partial charge in [0.05, 0.1) is 10.6 Å². The second kappa shape index (κ2) is 4.43.